The van der Waals surface area contributed by atoms with E-state index in [-0.39, 0.29) is 30.7 Å². The van der Waals surface area contributed by atoms with E-state index in [1.807, 2.05) is 30.0 Å². The number of nitrogens with zero attached hydrogens (tertiary/aromatic N) is 3. The van der Waals surface area contributed by atoms with E-state index in [0.717, 1.165) is 39.0 Å². The van der Waals surface area contributed by atoms with Gasteiger partial charge >= 0.3 is 0 Å². The van der Waals surface area contributed by atoms with E-state index in [1.165, 1.54) is 11.3 Å². The summed E-state index contributed by atoms with van der Waals surface area (Å²) in [7, 11) is 3.96. The maximum Gasteiger partial charge on any atom is 0.264 e. The quantitative estimate of drug-likeness (QED) is 0.885. The minimum Gasteiger partial charge on any atom is -0.354 e. The normalized spacial score (nSPS) is 17.2. The number of nitrogens with two attached hydrogens (primary N) is 1. The molecule has 1 atom stereocenters. The summed E-state index contributed by atoms with van der Waals surface area (Å²) in [5.74, 6) is 0.584. The van der Waals surface area contributed by atoms with Gasteiger partial charge in [0.15, 0.2) is 5.13 Å². The molecule has 1 aliphatic heterocycles. The summed E-state index contributed by atoms with van der Waals surface area (Å²) in [5.41, 5.74) is 5.68. The molecule has 1 fully saturated rings. The van der Waals surface area contributed by atoms with Crippen LogP contribution in [-0.4, -0.2) is 49.5 Å². The number of likely N-dealkylation sites (tertiary alicyclic amines) is 1. The Morgan fingerprint density at radius 2 is 2.18 bits per heavy atom. The Balaban J connectivity index is 0.00000121. The van der Waals surface area contributed by atoms with Crippen LogP contribution in [0.25, 0.3) is 9.53 Å². The van der Waals surface area contributed by atoms with Crippen molar-refractivity contribution >= 4 is 68.1 Å². The van der Waals surface area contributed by atoms with Crippen molar-refractivity contribution in [2.24, 2.45) is 11.7 Å². The average molecular weight is 383 g/mol. The average Bonchev–Trinajstić information content (AvgIpc) is 3.11. The Morgan fingerprint density at radius 1 is 1.45 bits per heavy atom. The largest absolute Gasteiger partial charge is 0.354 e. The lowest BCUT2D eigenvalue weighted by Gasteiger charge is -2.14. The lowest BCUT2D eigenvalue weighted by atomic mass is 10.1. The number of halogens is 2. The topological polar surface area (TPSA) is 62.5 Å². The molecule has 3 rings (SSSR count). The van der Waals surface area contributed by atoms with Crippen molar-refractivity contribution in [3.8, 4) is 0 Å². The first-order valence-corrected chi connectivity index (χ1v) is 8.29. The SMILES string of the molecule is CN(C)c1nc2sc(C(=O)N3CCC(CN)C3)cc2s1.Cl.Cl. The van der Waals surface area contributed by atoms with Crippen LogP contribution >= 0.6 is 47.5 Å². The van der Waals surface area contributed by atoms with Crippen molar-refractivity contribution in [1.82, 2.24) is 9.88 Å². The number of thiazole rings is 1. The smallest absolute Gasteiger partial charge is 0.264 e. The van der Waals surface area contributed by atoms with Crippen molar-refractivity contribution < 1.29 is 4.79 Å². The van der Waals surface area contributed by atoms with Crippen LogP contribution in [0.15, 0.2) is 6.07 Å². The molecule has 1 aliphatic rings. The van der Waals surface area contributed by atoms with Gasteiger partial charge in [0.25, 0.3) is 5.91 Å². The molecule has 1 amide bonds. The second kappa shape index (κ2) is 7.79. The second-order valence-corrected chi connectivity index (χ2v) is 7.35. The van der Waals surface area contributed by atoms with Gasteiger partial charge in [-0.05, 0) is 24.9 Å². The summed E-state index contributed by atoms with van der Waals surface area (Å²) in [6, 6.07) is 1.97. The Hall–Kier alpha value is -0.600. The van der Waals surface area contributed by atoms with Crippen LogP contribution in [0.2, 0.25) is 0 Å². The maximum atomic E-state index is 12.5. The molecule has 22 heavy (non-hydrogen) atoms. The van der Waals surface area contributed by atoms with E-state index in [4.69, 9.17) is 5.73 Å². The van der Waals surface area contributed by atoms with Crippen molar-refractivity contribution in [2.75, 3.05) is 38.6 Å². The van der Waals surface area contributed by atoms with Crippen LogP contribution in [-0.2, 0) is 0 Å². The number of fused-ring (bicyclic) bond motifs is 1. The lowest BCUT2D eigenvalue weighted by Crippen LogP contribution is -2.29. The molecular weight excluding hydrogens is 363 g/mol. The van der Waals surface area contributed by atoms with Crippen molar-refractivity contribution in [3.63, 3.8) is 0 Å². The van der Waals surface area contributed by atoms with Gasteiger partial charge in [-0.25, -0.2) is 4.98 Å². The highest BCUT2D eigenvalue weighted by Gasteiger charge is 2.27. The molecular formula is C13H20Cl2N4OS2. The van der Waals surface area contributed by atoms with E-state index in [0.29, 0.717) is 12.5 Å². The molecule has 0 saturated carbocycles. The summed E-state index contributed by atoms with van der Waals surface area (Å²) in [4.78, 5) is 22.7. The monoisotopic (exact) mass is 382 g/mol. The van der Waals surface area contributed by atoms with Crippen LogP contribution in [0.5, 0.6) is 0 Å². The summed E-state index contributed by atoms with van der Waals surface area (Å²) in [6.45, 7) is 2.27. The zero-order chi connectivity index (χ0) is 14.3. The minimum atomic E-state index is 0. The fraction of sp³-hybridized carbons (Fsp3) is 0.538. The van der Waals surface area contributed by atoms with Crippen LogP contribution in [0.4, 0.5) is 5.13 Å². The second-order valence-electron chi connectivity index (χ2n) is 5.31. The highest BCUT2D eigenvalue weighted by Crippen LogP contribution is 2.34. The first kappa shape index (κ1) is 19.4. The third kappa shape index (κ3) is 3.65. The molecule has 0 aliphatic carbocycles. The third-order valence-electron chi connectivity index (χ3n) is 3.58. The first-order valence-electron chi connectivity index (χ1n) is 6.65. The van der Waals surface area contributed by atoms with Gasteiger partial charge in [0.1, 0.15) is 4.83 Å². The molecule has 0 aromatic carbocycles. The Bertz CT molecular complexity index is 612. The van der Waals surface area contributed by atoms with E-state index >= 15 is 0 Å². The number of anilines is 1. The van der Waals surface area contributed by atoms with Gasteiger partial charge in [-0.15, -0.1) is 36.2 Å². The standard InChI is InChI=1S/C13H18N4OS2.2ClH/c1-16(2)13-15-11-9(20-13)5-10(19-11)12(18)17-4-3-8(6-14)7-17;;/h5,8H,3-4,6-7,14H2,1-2H3;2*1H. The predicted molar refractivity (Wildman–Crippen MR) is 99.4 cm³/mol. The molecule has 2 N–H and O–H groups in total. The molecule has 0 spiro atoms. The number of aromatic nitrogens is 1. The molecule has 2 aromatic rings. The number of hydrogen-bond donors (Lipinski definition) is 1. The summed E-state index contributed by atoms with van der Waals surface area (Å²) in [6.07, 6.45) is 1.02. The summed E-state index contributed by atoms with van der Waals surface area (Å²) in [5, 5.41) is 0.981. The molecule has 0 radical (unpaired) electrons. The number of rotatable bonds is 3. The van der Waals surface area contributed by atoms with E-state index < -0.39 is 0 Å². The Morgan fingerprint density at radius 3 is 2.73 bits per heavy atom. The first-order chi connectivity index (χ1) is 9.58. The van der Waals surface area contributed by atoms with Crippen molar-refractivity contribution in [2.45, 2.75) is 6.42 Å². The molecule has 2 aromatic heterocycles. The molecule has 9 heteroatoms. The molecule has 124 valence electrons. The fourth-order valence-electron chi connectivity index (χ4n) is 2.39. The summed E-state index contributed by atoms with van der Waals surface area (Å²) < 4.78 is 1.09. The minimum absolute atomic E-state index is 0. The van der Waals surface area contributed by atoms with E-state index in [9.17, 15) is 4.79 Å². The molecule has 0 bridgehead atoms. The van der Waals surface area contributed by atoms with Gasteiger partial charge in [0, 0.05) is 27.2 Å². The van der Waals surface area contributed by atoms with Crippen LogP contribution in [0.3, 0.4) is 0 Å². The van der Waals surface area contributed by atoms with Crippen molar-refractivity contribution in [1.29, 1.82) is 0 Å². The van der Waals surface area contributed by atoms with E-state index in [2.05, 4.69) is 4.98 Å². The Kier molecular flexibility index (Phi) is 6.88. The van der Waals surface area contributed by atoms with Crippen molar-refractivity contribution in [3.05, 3.63) is 10.9 Å². The lowest BCUT2D eigenvalue weighted by molar-refractivity contribution is 0.0792. The highest BCUT2D eigenvalue weighted by molar-refractivity contribution is 7.29. The van der Waals surface area contributed by atoms with Gasteiger partial charge in [-0.3, -0.25) is 4.79 Å². The maximum absolute atomic E-state index is 12.5. The molecule has 5 nitrogen and oxygen atoms in total. The third-order valence-corrected chi connectivity index (χ3v) is 5.89. The number of amides is 1. The zero-order valence-corrected chi connectivity index (χ0v) is 15.7. The number of carbonyl (C=O) groups is 1. The number of thiophene rings is 1. The van der Waals surface area contributed by atoms with Gasteiger partial charge in [-0.1, -0.05) is 11.3 Å². The molecule has 3 heterocycles. The van der Waals surface area contributed by atoms with Gasteiger partial charge < -0.3 is 15.5 Å². The van der Waals surface area contributed by atoms with Crippen LogP contribution in [0, 0.1) is 5.92 Å². The van der Waals surface area contributed by atoms with Crippen LogP contribution < -0.4 is 10.6 Å². The molecule has 1 unspecified atom stereocenters. The molecule has 1 saturated heterocycles. The fourth-order valence-corrected chi connectivity index (χ4v) is 4.49. The highest BCUT2D eigenvalue weighted by atomic mass is 35.5. The predicted octanol–water partition coefficient (Wildman–Crippen LogP) is 2.69. The number of carbonyl (C=O) groups excluding carboxylic acids is 1. The Labute approximate surface area is 150 Å². The van der Waals surface area contributed by atoms with Gasteiger partial charge in [-0.2, -0.15) is 0 Å². The van der Waals surface area contributed by atoms with Gasteiger partial charge in [0.2, 0.25) is 0 Å². The zero-order valence-electron chi connectivity index (χ0n) is 12.4. The summed E-state index contributed by atoms with van der Waals surface area (Å²) >= 11 is 3.12. The van der Waals surface area contributed by atoms with Gasteiger partial charge in [0.05, 0.1) is 9.58 Å². The van der Waals surface area contributed by atoms with Crippen LogP contribution in [0.1, 0.15) is 16.1 Å². The van der Waals surface area contributed by atoms with E-state index in [1.54, 1.807) is 11.3 Å². The number of hydrogen-bond acceptors (Lipinski definition) is 6.